The number of benzene rings is 1. The Labute approximate surface area is 70.4 Å². The van der Waals surface area contributed by atoms with Crippen LogP contribution in [0.15, 0.2) is 23.4 Å². The summed E-state index contributed by atoms with van der Waals surface area (Å²) in [5, 5.41) is 4.12. The summed E-state index contributed by atoms with van der Waals surface area (Å²) in [7, 11) is 1.48. The lowest BCUT2D eigenvalue weighted by Gasteiger charge is -1.93. The zero-order chi connectivity index (χ0) is 8.10. The zero-order valence-corrected chi connectivity index (χ0v) is 6.80. The molecule has 0 aliphatic rings. The fourth-order valence-electron chi connectivity index (χ4n) is 0.639. The first-order valence-corrected chi connectivity index (χ1v) is 3.45. The Morgan fingerprint density at radius 3 is 3.18 bits per heavy atom. The molecule has 1 aromatic rings. The van der Waals surface area contributed by atoms with Gasteiger partial charge in [-0.3, -0.25) is 0 Å². The van der Waals surface area contributed by atoms with Crippen molar-refractivity contribution in [3.63, 3.8) is 0 Å². The van der Waals surface area contributed by atoms with Crippen LogP contribution in [0.4, 0.5) is 0 Å². The molecule has 57 valence electrons. The predicted octanol–water partition coefficient (Wildman–Crippen LogP) is 2.12. The van der Waals surface area contributed by atoms with Gasteiger partial charge in [0.25, 0.3) is 0 Å². The highest BCUT2D eigenvalue weighted by Crippen LogP contribution is 2.11. The van der Waals surface area contributed by atoms with Crippen molar-refractivity contribution >= 4 is 17.8 Å². The molecule has 0 saturated carbocycles. The van der Waals surface area contributed by atoms with Gasteiger partial charge in [-0.25, -0.2) is 0 Å². The molecule has 1 rings (SSSR count). The number of nitrogens with zero attached hydrogens (tertiary/aromatic N) is 1. The highest BCUT2D eigenvalue weighted by Gasteiger charge is 1.93. The van der Waals surface area contributed by atoms with Gasteiger partial charge in [0.2, 0.25) is 0 Å². The summed E-state index contributed by atoms with van der Waals surface area (Å²) >= 11 is 5.76. The fraction of sp³-hybridized carbons (Fsp3) is 0.125. The third kappa shape index (κ3) is 2.24. The highest BCUT2D eigenvalue weighted by molar-refractivity contribution is 6.32. The Morgan fingerprint density at radius 1 is 1.73 bits per heavy atom. The first-order chi connectivity index (χ1) is 5.34. The van der Waals surface area contributed by atoms with Crippen LogP contribution in [0.3, 0.4) is 0 Å². The lowest BCUT2D eigenvalue weighted by Crippen LogP contribution is -1.82. The second-order valence-electron chi connectivity index (χ2n) is 1.86. The fourth-order valence-corrected chi connectivity index (χ4v) is 0.814. The van der Waals surface area contributed by atoms with E-state index >= 15 is 0 Å². The number of halogens is 1. The molecular weight excluding hydrogens is 162 g/mol. The Morgan fingerprint density at radius 2 is 2.55 bits per heavy atom. The molecule has 2 nitrogen and oxygen atoms in total. The summed E-state index contributed by atoms with van der Waals surface area (Å²) in [4.78, 5) is 4.50. The van der Waals surface area contributed by atoms with Gasteiger partial charge in [-0.1, -0.05) is 35.0 Å². The maximum atomic E-state index is 5.76. The molecule has 0 aliphatic carbocycles. The third-order valence-corrected chi connectivity index (χ3v) is 1.46. The minimum atomic E-state index is 0.549. The molecule has 0 aromatic heterocycles. The molecule has 0 amide bonds. The monoisotopic (exact) mass is 168 g/mol. The van der Waals surface area contributed by atoms with Crippen molar-refractivity contribution in [2.45, 2.75) is 0 Å². The van der Waals surface area contributed by atoms with Crippen molar-refractivity contribution in [2.75, 3.05) is 7.11 Å². The molecule has 0 N–H and O–H groups in total. The van der Waals surface area contributed by atoms with E-state index in [1.165, 1.54) is 7.11 Å². The van der Waals surface area contributed by atoms with Gasteiger partial charge in [0.15, 0.2) is 0 Å². The Hall–Kier alpha value is -1.02. The third-order valence-electron chi connectivity index (χ3n) is 1.13. The van der Waals surface area contributed by atoms with E-state index in [9.17, 15) is 0 Å². The maximum Gasteiger partial charge on any atom is 0.106 e. The number of rotatable bonds is 2. The van der Waals surface area contributed by atoms with Gasteiger partial charge in [-0.15, -0.1) is 0 Å². The van der Waals surface area contributed by atoms with Crippen molar-refractivity contribution in [2.24, 2.45) is 5.16 Å². The van der Waals surface area contributed by atoms with Gasteiger partial charge in [-0.2, -0.15) is 0 Å². The molecule has 0 unspecified atom stereocenters. The number of hydrogen-bond acceptors (Lipinski definition) is 2. The summed E-state index contributed by atoms with van der Waals surface area (Å²) in [6.45, 7) is 0. The van der Waals surface area contributed by atoms with Crippen LogP contribution in [-0.2, 0) is 4.84 Å². The Bertz CT molecular complexity index is 260. The molecule has 0 bridgehead atoms. The van der Waals surface area contributed by atoms with Crippen LogP contribution < -0.4 is 0 Å². The number of oxime groups is 1. The van der Waals surface area contributed by atoms with Gasteiger partial charge in [0.1, 0.15) is 7.11 Å². The molecule has 0 aliphatic heterocycles. The standard InChI is InChI=1S/C8H7ClNO/c1-11-10-6-7-4-2-3-5-8(7)9/h2-4,6H,1H3/b10-6+. The Balaban J connectivity index is 2.86. The van der Waals surface area contributed by atoms with Gasteiger partial charge >= 0.3 is 0 Å². The van der Waals surface area contributed by atoms with Crippen LogP contribution in [0.1, 0.15) is 5.56 Å². The Kier molecular flexibility index (Phi) is 2.93. The van der Waals surface area contributed by atoms with Crippen LogP contribution >= 0.6 is 11.6 Å². The second-order valence-corrected chi connectivity index (χ2v) is 2.23. The molecule has 11 heavy (non-hydrogen) atoms. The largest absolute Gasteiger partial charge is 0.399 e. The van der Waals surface area contributed by atoms with E-state index in [1.807, 2.05) is 12.1 Å². The second kappa shape index (κ2) is 3.98. The van der Waals surface area contributed by atoms with Crippen molar-refractivity contribution in [1.82, 2.24) is 0 Å². The molecule has 0 fully saturated rings. The molecule has 0 heterocycles. The van der Waals surface area contributed by atoms with Gasteiger partial charge < -0.3 is 4.84 Å². The average Bonchev–Trinajstić information content (AvgIpc) is 2.03. The average molecular weight is 169 g/mol. The first kappa shape index (κ1) is 8.08. The van der Waals surface area contributed by atoms with E-state index in [1.54, 1.807) is 12.3 Å². The predicted molar refractivity (Wildman–Crippen MR) is 44.9 cm³/mol. The zero-order valence-electron chi connectivity index (χ0n) is 6.04. The van der Waals surface area contributed by atoms with E-state index < -0.39 is 0 Å². The van der Waals surface area contributed by atoms with Crippen molar-refractivity contribution < 1.29 is 4.84 Å². The van der Waals surface area contributed by atoms with Crippen LogP contribution in [0, 0.1) is 6.07 Å². The lowest BCUT2D eigenvalue weighted by molar-refractivity contribution is 0.215. The normalized spacial score (nSPS) is 10.4. The molecular formula is C8H7ClNO. The smallest absolute Gasteiger partial charge is 0.106 e. The molecule has 0 atom stereocenters. The molecule has 3 heteroatoms. The van der Waals surface area contributed by atoms with E-state index in [0.717, 1.165) is 5.56 Å². The first-order valence-electron chi connectivity index (χ1n) is 3.07. The van der Waals surface area contributed by atoms with Crippen LogP contribution in [0.25, 0.3) is 0 Å². The minimum absolute atomic E-state index is 0.549. The summed E-state index contributed by atoms with van der Waals surface area (Å²) in [6, 6.07) is 8.24. The van der Waals surface area contributed by atoms with Crippen molar-refractivity contribution in [1.29, 1.82) is 0 Å². The minimum Gasteiger partial charge on any atom is -0.399 e. The van der Waals surface area contributed by atoms with E-state index in [-0.39, 0.29) is 0 Å². The van der Waals surface area contributed by atoms with Gasteiger partial charge in [0, 0.05) is 11.6 Å². The molecule has 0 spiro atoms. The SMILES string of the molecule is CO/N=C/c1ccc[c]c1Cl. The van der Waals surface area contributed by atoms with Crippen LogP contribution in [0.5, 0.6) is 0 Å². The topological polar surface area (TPSA) is 21.6 Å². The summed E-state index contributed by atoms with van der Waals surface area (Å²) in [6.07, 6.45) is 1.54. The maximum absolute atomic E-state index is 5.76. The van der Waals surface area contributed by atoms with E-state index in [2.05, 4.69) is 16.1 Å². The van der Waals surface area contributed by atoms with Crippen LogP contribution in [-0.4, -0.2) is 13.3 Å². The number of hydrogen-bond donors (Lipinski definition) is 0. The highest BCUT2D eigenvalue weighted by atomic mass is 35.5. The lowest BCUT2D eigenvalue weighted by atomic mass is 10.2. The van der Waals surface area contributed by atoms with Crippen LogP contribution in [0.2, 0.25) is 5.02 Å². The van der Waals surface area contributed by atoms with Gasteiger partial charge in [0.05, 0.1) is 11.2 Å². The molecule has 0 saturated heterocycles. The van der Waals surface area contributed by atoms with E-state index in [4.69, 9.17) is 11.6 Å². The quantitative estimate of drug-likeness (QED) is 0.490. The summed E-state index contributed by atoms with van der Waals surface area (Å²) < 4.78 is 0. The molecule has 1 aromatic carbocycles. The summed E-state index contributed by atoms with van der Waals surface area (Å²) in [5.74, 6) is 0. The van der Waals surface area contributed by atoms with Crippen molar-refractivity contribution in [3.8, 4) is 0 Å². The van der Waals surface area contributed by atoms with Crippen molar-refractivity contribution in [3.05, 3.63) is 34.9 Å². The van der Waals surface area contributed by atoms with E-state index in [0.29, 0.717) is 5.02 Å². The molecule has 1 radical (unpaired) electrons. The van der Waals surface area contributed by atoms with Gasteiger partial charge in [-0.05, 0) is 0 Å². The summed E-state index contributed by atoms with van der Waals surface area (Å²) in [5.41, 5.74) is 0.802.